The van der Waals surface area contributed by atoms with E-state index in [0.717, 1.165) is 44.0 Å². The van der Waals surface area contributed by atoms with E-state index >= 15 is 0 Å². The topological polar surface area (TPSA) is 54.3 Å². The lowest BCUT2D eigenvalue weighted by atomic mass is 9.78. The van der Waals surface area contributed by atoms with Crippen LogP contribution < -0.4 is 0 Å². The van der Waals surface area contributed by atoms with Crippen LogP contribution in [0.2, 0.25) is 0 Å². The second kappa shape index (κ2) is 8.44. The molecule has 1 amide bonds. The van der Waals surface area contributed by atoms with Crippen LogP contribution >= 0.6 is 0 Å². The van der Waals surface area contributed by atoms with Crippen molar-refractivity contribution >= 4 is 5.91 Å². The van der Waals surface area contributed by atoms with E-state index in [4.69, 9.17) is 0 Å². The summed E-state index contributed by atoms with van der Waals surface area (Å²) in [5.41, 5.74) is -1.15. The summed E-state index contributed by atoms with van der Waals surface area (Å²) in [5.74, 6) is 0.242. The fourth-order valence-corrected chi connectivity index (χ4v) is 6.95. The molecule has 12 heteroatoms. The van der Waals surface area contributed by atoms with Crippen molar-refractivity contribution in [1.29, 1.82) is 0 Å². The molecule has 2 aromatic heterocycles. The van der Waals surface area contributed by atoms with Crippen LogP contribution in [0.1, 0.15) is 60.7 Å². The van der Waals surface area contributed by atoms with Crippen LogP contribution in [-0.4, -0.2) is 56.1 Å². The number of likely N-dealkylation sites (tertiary alicyclic amines) is 1. The zero-order valence-electron chi connectivity index (χ0n) is 20.0. The molecule has 200 valence electrons. The third-order valence-electron chi connectivity index (χ3n) is 8.87. The average molecular weight is 528 g/mol. The van der Waals surface area contributed by atoms with Crippen molar-refractivity contribution in [2.75, 3.05) is 19.6 Å². The SMILES string of the molecule is O=C(N1CCc2ncc(C(F)(F)F)cc2C1)[C@@]12CCC[C@@H]1C[C@H](N1CC(n3ccc(C(F)(F)F)n3)C1)C2. The Bertz CT molecular complexity index is 1200. The van der Waals surface area contributed by atoms with Crippen LogP contribution in [0.5, 0.6) is 0 Å². The largest absolute Gasteiger partial charge is 0.435 e. The Kier molecular flexibility index (Phi) is 5.63. The summed E-state index contributed by atoms with van der Waals surface area (Å²) in [4.78, 5) is 21.9. The Morgan fingerprint density at radius 1 is 1.08 bits per heavy atom. The number of halogens is 6. The number of carbonyl (C=O) groups excluding carboxylic acids is 1. The number of hydrogen-bond acceptors (Lipinski definition) is 4. The van der Waals surface area contributed by atoms with Crippen molar-refractivity contribution in [3.8, 4) is 0 Å². The van der Waals surface area contributed by atoms with Gasteiger partial charge in [0, 0.05) is 56.7 Å². The Hall–Kier alpha value is -2.63. The number of rotatable bonds is 3. The quantitative estimate of drug-likeness (QED) is 0.543. The van der Waals surface area contributed by atoms with E-state index in [0.29, 0.717) is 43.7 Å². The van der Waals surface area contributed by atoms with Gasteiger partial charge in [0.15, 0.2) is 5.69 Å². The first-order valence-electron chi connectivity index (χ1n) is 12.6. The number of alkyl halides is 6. The van der Waals surface area contributed by atoms with Crippen molar-refractivity contribution < 1.29 is 31.1 Å². The molecule has 2 saturated carbocycles. The molecule has 0 bridgehead atoms. The molecule has 6 rings (SSSR count). The lowest BCUT2D eigenvalue weighted by Crippen LogP contribution is -2.53. The number of nitrogens with zero attached hydrogens (tertiary/aromatic N) is 5. The molecule has 3 fully saturated rings. The third kappa shape index (κ3) is 4.21. The van der Waals surface area contributed by atoms with E-state index in [1.165, 1.54) is 10.9 Å². The highest BCUT2D eigenvalue weighted by Crippen LogP contribution is 2.57. The van der Waals surface area contributed by atoms with E-state index in [1.54, 1.807) is 4.90 Å². The Labute approximate surface area is 209 Å². The summed E-state index contributed by atoms with van der Waals surface area (Å²) in [7, 11) is 0. The average Bonchev–Trinajstić information content (AvgIpc) is 3.51. The van der Waals surface area contributed by atoms with Gasteiger partial charge in [0.25, 0.3) is 0 Å². The van der Waals surface area contributed by atoms with Gasteiger partial charge in [-0.05, 0) is 49.3 Å². The highest BCUT2D eigenvalue weighted by atomic mass is 19.4. The molecule has 3 atom stereocenters. The van der Waals surface area contributed by atoms with E-state index in [1.807, 2.05) is 0 Å². The maximum atomic E-state index is 13.9. The van der Waals surface area contributed by atoms with Crippen LogP contribution in [-0.2, 0) is 30.1 Å². The minimum atomic E-state index is -4.48. The fourth-order valence-electron chi connectivity index (χ4n) is 6.95. The Balaban J connectivity index is 1.13. The van der Waals surface area contributed by atoms with Gasteiger partial charge in [0.05, 0.1) is 17.0 Å². The zero-order valence-corrected chi connectivity index (χ0v) is 20.0. The van der Waals surface area contributed by atoms with Crippen LogP contribution in [0.4, 0.5) is 26.3 Å². The van der Waals surface area contributed by atoms with Crippen LogP contribution in [0, 0.1) is 11.3 Å². The maximum Gasteiger partial charge on any atom is 0.435 e. The van der Waals surface area contributed by atoms with Gasteiger partial charge in [-0.2, -0.15) is 31.4 Å². The van der Waals surface area contributed by atoms with Crippen molar-refractivity contribution in [3.05, 3.63) is 47.0 Å². The van der Waals surface area contributed by atoms with Gasteiger partial charge < -0.3 is 4.90 Å². The minimum Gasteiger partial charge on any atom is -0.337 e. The molecule has 1 saturated heterocycles. The predicted molar refractivity (Wildman–Crippen MR) is 119 cm³/mol. The summed E-state index contributed by atoms with van der Waals surface area (Å²) in [6.07, 6.45) is -2.10. The van der Waals surface area contributed by atoms with Gasteiger partial charge in [0.2, 0.25) is 5.91 Å². The molecular weight excluding hydrogens is 500 g/mol. The van der Waals surface area contributed by atoms with E-state index in [9.17, 15) is 31.1 Å². The van der Waals surface area contributed by atoms with E-state index in [2.05, 4.69) is 15.0 Å². The molecular formula is C25H27F6N5O. The first kappa shape index (κ1) is 24.7. The standard InChI is InChI=1S/C25H27F6N5O/c26-24(27,28)17-8-15-12-34(6-3-20(15)32-11-17)22(37)23-5-1-2-16(23)9-18(10-23)35-13-19(14-35)36-7-4-21(33-36)25(29,30)31/h4,7-8,11,16,18-19H,1-3,5-6,9-10,12-14H2/t16-,18+,23-/m1/s1. The molecule has 4 aliphatic rings. The van der Waals surface area contributed by atoms with Crippen molar-refractivity contribution in [2.45, 2.75) is 69.5 Å². The number of pyridine rings is 1. The van der Waals surface area contributed by atoms with Gasteiger partial charge in [-0.3, -0.25) is 19.4 Å². The van der Waals surface area contributed by atoms with Crippen molar-refractivity contribution in [1.82, 2.24) is 24.6 Å². The molecule has 0 aromatic carbocycles. The Morgan fingerprint density at radius 3 is 2.57 bits per heavy atom. The zero-order chi connectivity index (χ0) is 26.2. The summed E-state index contributed by atoms with van der Waals surface area (Å²) in [6.45, 7) is 1.75. The maximum absolute atomic E-state index is 13.9. The second-order valence-corrected chi connectivity index (χ2v) is 10.9. The molecule has 0 unspecified atom stereocenters. The van der Waals surface area contributed by atoms with E-state index in [-0.39, 0.29) is 30.5 Å². The minimum absolute atomic E-state index is 0.0273. The van der Waals surface area contributed by atoms with Crippen LogP contribution in [0.15, 0.2) is 24.5 Å². The summed E-state index contributed by atoms with van der Waals surface area (Å²) in [5, 5.41) is 3.69. The number of hydrogen-bond donors (Lipinski definition) is 0. The normalized spacial score (nSPS) is 28.8. The monoisotopic (exact) mass is 527 g/mol. The molecule has 4 heterocycles. The lowest BCUT2D eigenvalue weighted by molar-refractivity contribution is -0.144. The molecule has 2 aromatic rings. The number of aromatic nitrogens is 3. The van der Waals surface area contributed by atoms with Crippen LogP contribution in [0.3, 0.4) is 0 Å². The fraction of sp³-hybridized carbons (Fsp3) is 0.640. The van der Waals surface area contributed by atoms with Gasteiger partial charge in [-0.25, -0.2) is 0 Å². The smallest absolute Gasteiger partial charge is 0.337 e. The first-order valence-corrected chi connectivity index (χ1v) is 12.6. The molecule has 0 N–H and O–H groups in total. The van der Waals surface area contributed by atoms with Crippen molar-refractivity contribution in [2.24, 2.45) is 11.3 Å². The van der Waals surface area contributed by atoms with Gasteiger partial charge in [-0.1, -0.05) is 6.42 Å². The molecule has 37 heavy (non-hydrogen) atoms. The van der Waals surface area contributed by atoms with E-state index < -0.39 is 29.0 Å². The molecule has 0 radical (unpaired) electrons. The number of fused-ring (bicyclic) bond motifs is 2. The molecule has 2 aliphatic heterocycles. The van der Waals surface area contributed by atoms with Gasteiger partial charge in [-0.15, -0.1) is 0 Å². The van der Waals surface area contributed by atoms with Gasteiger partial charge >= 0.3 is 12.4 Å². The first-order chi connectivity index (χ1) is 17.4. The number of carbonyl (C=O) groups is 1. The van der Waals surface area contributed by atoms with Gasteiger partial charge in [0.1, 0.15) is 0 Å². The lowest BCUT2D eigenvalue weighted by Gasteiger charge is -2.44. The summed E-state index contributed by atoms with van der Waals surface area (Å²) in [6, 6.07) is 2.14. The molecule has 6 nitrogen and oxygen atoms in total. The third-order valence-corrected chi connectivity index (χ3v) is 8.87. The van der Waals surface area contributed by atoms with Crippen LogP contribution in [0.25, 0.3) is 0 Å². The number of amides is 1. The molecule has 2 aliphatic carbocycles. The predicted octanol–water partition coefficient (Wildman–Crippen LogP) is 4.71. The Morgan fingerprint density at radius 2 is 1.86 bits per heavy atom. The molecule has 0 spiro atoms. The highest BCUT2D eigenvalue weighted by molar-refractivity contribution is 5.84. The summed E-state index contributed by atoms with van der Waals surface area (Å²) >= 11 is 0. The highest BCUT2D eigenvalue weighted by Gasteiger charge is 2.58. The van der Waals surface area contributed by atoms with Crippen molar-refractivity contribution in [3.63, 3.8) is 0 Å². The second-order valence-electron chi connectivity index (χ2n) is 10.9. The summed E-state index contributed by atoms with van der Waals surface area (Å²) < 4.78 is 79.7.